The normalized spacial score (nSPS) is 12.2. The van der Waals surface area contributed by atoms with Crippen LogP contribution in [0.5, 0.6) is 17.2 Å². The molecule has 4 aromatic rings. The highest BCUT2D eigenvalue weighted by Crippen LogP contribution is 2.32. The first-order valence-electron chi connectivity index (χ1n) is 13.4. The second-order valence-electron chi connectivity index (χ2n) is 9.29. The van der Waals surface area contributed by atoms with Gasteiger partial charge in [-0.2, -0.15) is 0 Å². The van der Waals surface area contributed by atoms with E-state index >= 15 is 0 Å². The SMILES string of the molecule is COc1ccccc1/C=C(\NC(=O)c1ccccc1)C(=O)Nc1ccc(SCC(=O)Nc2ccc3c(c2)OCCO3)cc1. The van der Waals surface area contributed by atoms with Crippen LogP contribution in [0.2, 0.25) is 0 Å². The van der Waals surface area contributed by atoms with E-state index in [1.54, 1.807) is 72.8 Å². The van der Waals surface area contributed by atoms with Crippen molar-refractivity contribution in [1.82, 2.24) is 5.32 Å². The van der Waals surface area contributed by atoms with Crippen LogP contribution in [-0.4, -0.2) is 43.8 Å². The Bertz CT molecular complexity index is 1640. The third-order valence-electron chi connectivity index (χ3n) is 6.28. The van der Waals surface area contributed by atoms with Gasteiger partial charge in [-0.1, -0.05) is 36.4 Å². The molecule has 1 aliphatic heterocycles. The van der Waals surface area contributed by atoms with E-state index in [-0.39, 0.29) is 17.4 Å². The predicted molar refractivity (Wildman–Crippen MR) is 167 cm³/mol. The number of carbonyl (C=O) groups excluding carboxylic acids is 3. The molecule has 0 aromatic heterocycles. The average Bonchev–Trinajstić information content (AvgIpc) is 3.04. The molecule has 10 heteroatoms. The van der Waals surface area contributed by atoms with E-state index in [4.69, 9.17) is 14.2 Å². The lowest BCUT2D eigenvalue weighted by Crippen LogP contribution is -2.30. The van der Waals surface area contributed by atoms with Crippen LogP contribution < -0.4 is 30.2 Å². The van der Waals surface area contributed by atoms with Gasteiger partial charge in [0, 0.05) is 33.5 Å². The number of hydrogen-bond acceptors (Lipinski definition) is 7. The van der Waals surface area contributed by atoms with Crippen molar-refractivity contribution in [3.05, 3.63) is 114 Å². The number of thioether (sulfide) groups is 1. The van der Waals surface area contributed by atoms with Gasteiger partial charge in [-0.25, -0.2) is 0 Å². The summed E-state index contributed by atoms with van der Waals surface area (Å²) in [4.78, 5) is 39.6. The number of methoxy groups -OCH3 is 1. The molecular weight excluding hydrogens is 566 g/mol. The van der Waals surface area contributed by atoms with E-state index in [1.807, 2.05) is 30.3 Å². The molecule has 0 saturated carbocycles. The van der Waals surface area contributed by atoms with Gasteiger partial charge in [-0.05, 0) is 60.7 Å². The Hall–Kier alpha value is -5.22. The van der Waals surface area contributed by atoms with Crippen molar-refractivity contribution in [2.75, 3.05) is 36.7 Å². The summed E-state index contributed by atoms with van der Waals surface area (Å²) in [6, 6.07) is 28.2. The van der Waals surface area contributed by atoms with Crippen molar-refractivity contribution in [3.8, 4) is 17.2 Å². The minimum atomic E-state index is -0.505. The Morgan fingerprint density at radius 1 is 0.814 bits per heavy atom. The zero-order chi connectivity index (χ0) is 30.0. The molecule has 5 rings (SSSR count). The van der Waals surface area contributed by atoms with Crippen molar-refractivity contribution < 1.29 is 28.6 Å². The number of amides is 3. The highest BCUT2D eigenvalue weighted by atomic mass is 32.2. The molecule has 4 aromatic carbocycles. The van der Waals surface area contributed by atoms with Crippen molar-refractivity contribution in [3.63, 3.8) is 0 Å². The van der Waals surface area contributed by atoms with Crippen LogP contribution in [0.4, 0.5) is 11.4 Å². The third-order valence-corrected chi connectivity index (χ3v) is 7.29. The Balaban J connectivity index is 1.21. The minimum Gasteiger partial charge on any atom is -0.496 e. The molecule has 0 fully saturated rings. The van der Waals surface area contributed by atoms with Gasteiger partial charge < -0.3 is 30.2 Å². The fourth-order valence-electron chi connectivity index (χ4n) is 4.18. The number of fused-ring (bicyclic) bond motifs is 1. The second-order valence-corrected chi connectivity index (χ2v) is 10.3. The number of para-hydroxylation sites is 1. The maximum absolute atomic E-state index is 13.3. The van der Waals surface area contributed by atoms with Gasteiger partial charge in [0.1, 0.15) is 24.7 Å². The van der Waals surface area contributed by atoms with Gasteiger partial charge in [0.05, 0.1) is 12.9 Å². The zero-order valence-corrected chi connectivity index (χ0v) is 24.1. The number of hydrogen-bond donors (Lipinski definition) is 3. The lowest BCUT2D eigenvalue weighted by atomic mass is 10.1. The maximum Gasteiger partial charge on any atom is 0.272 e. The first kappa shape index (κ1) is 29.3. The molecule has 0 atom stereocenters. The van der Waals surface area contributed by atoms with Gasteiger partial charge >= 0.3 is 0 Å². The number of ether oxygens (including phenoxy) is 3. The van der Waals surface area contributed by atoms with Crippen LogP contribution in [-0.2, 0) is 9.59 Å². The van der Waals surface area contributed by atoms with Crippen LogP contribution >= 0.6 is 11.8 Å². The number of benzene rings is 4. The van der Waals surface area contributed by atoms with E-state index in [0.29, 0.717) is 53.0 Å². The van der Waals surface area contributed by atoms with E-state index < -0.39 is 11.8 Å². The molecule has 1 heterocycles. The van der Waals surface area contributed by atoms with E-state index in [2.05, 4.69) is 16.0 Å². The van der Waals surface area contributed by atoms with Gasteiger partial charge in [0.15, 0.2) is 11.5 Å². The number of carbonyl (C=O) groups is 3. The fraction of sp³-hybridized carbons (Fsp3) is 0.121. The molecule has 1 aliphatic rings. The minimum absolute atomic E-state index is 0.0487. The van der Waals surface area contributed by atoms with Gasteiger partial charge in [0.25, 0.3) is 11.8 Å². The lowest BCUT2D eigenvalue weighted by Gasteiger charge is -2.19. The van der Waals surface area contributed by atoms with Crippen LogP contribution in [0, 0.1) is 0 Å². The standard InChI is InChI=1S/C33H29N3O6S/c1-40-28-10-6-5-9-23(28)19-27(36-32(38)22-7-3-2-4-8-22)33(39)35-24-11-14-26(15-12-24)43-21-31(37)34-25-13-16-29-30(20-25)42-18-17-41-29/h2-16,19-20H,17-18,21H2,1H3,(H,34,37)(H,35,39)(H,36,38)/b27-19-. The molecule has 0 saturated heterocycles. The van der Waals surface area contributed by atoms with Crippen molar-refractivity contribution in [2.24, 2.45) is 0 Å². The Labute approximate surface area is 253 Å². The number of nitrogens with one attached hydrogen (secondary N) is 3. The molecule has 3 N–H and O–H groups in total. The molecule has 0 bridgehead atoms. The summed E-state index contributed by atoms with van der Waals surface area (Å²) in [6.07, 6.45) is 1.57. The Kier molecular flexibility index (Phi) is 9.60. The number of anilines is 2. The van der Waals surface area contributed by atoms with E-state index in [9.17, 15) is 14.4 Å². The first-order chi connectivity index (χ1) is 21.0. The monoisotopic (exact) mass is 595 g/mol. The maximum atomic E-state index is 13.3. The summed E-state index contributed by atoms with van der Waals surface area (Å²) in [6.45, 7) is 0.974. The molecule has 9 nitrogen and oxygen atoms in total. The van der Waals surface area contributed by atoms with Gasteiger partial charge in [-0.15, -0.1) is 11.8 Å². The molecule has 43 heavy (non-hydrogen) atoms. The van der Waals surface area contributed by atoms with Crippen LogP contribution in [0.3, 0.4) is 0 Å². The largest absolute Gasteiger partial charge is 0.496 e. The topological polar surface area (TPSA) is 115 Å². The quantitative estimate of drug-likeness (QED) is 0.161. The van der Waals surface area contributed by atoms with Crippen molar-refractivity contribution in [1.29, 1.82) is 0 Å². The highest BCUT2D eigenvalue weighted by Gasteiger charge is 2.17. The van der Waals surface area contributed by atoms with Crippen LogP contribution in [0.15, 0.2) is 108 Å². The van der Waals surface area contributed by atoms with Gasteiger partial charge in [0.2, 0.25) is 5.91 Å². The molecular formula is C33H29N3O6S. The van der Waals surface area contributed by atoms with Crippen molar-refractivity contribution in [2.45, 2.75) is 4.90 Å². The second kappa shape index (κ2) is 14.1. The molecule has 0 radical (unpaired) electrons. The predicted octanol–water partition coefficient (Wildman–Crippen LogP) is 5.61. The summed E-state index contributed by atoms with van der Waals surface area (Å²) < 4.78 is 16.5. The Morgan fingerprint density at radius 2 is 1.51 bits per heavy atom. The lowest BCUT2D eigenvalue weighted by molar-refractivity contribution is -0.114. The zero-order valence-electron chi connectivity index (χ0n) is 23.3. The Morgan fingerprint density at radius 3 is 2.28 bits per heavy atom. The van der Waals surface area contributed by atoms with Crippen LogP contribution in [0.25, 0.3) is 6.08 Å². The van der Waals surface area contributed by atoms with Crippen molar-refractivity contribution >= 4 is 46.9 Å². The number of rotatable bonds is 10. The summed E-state index contributed by atoms with van der Waals surface area (Å²) in [7, 11) is 1.54. The molecule has 0 unspecified atom stereocenters. The summed E-state index contributed by atoms with van der Waals surface area (Å²) in [5.41, 5.74) is 2.25. The molecule has 218 valence electrons. The first-order valence-corrected chi connectivity index (χ1v) is 14.4. The smallest absolute Gasteiger partial charge is 0.272 e. The van der Waals surface area contributed by atoms with Gasteiger partial charge in [-0.3, -0.25) is 14.4 Å². The molecule has 3 amide bonds. The van der Waals surface area contributed by atoms with E-state index in [1.165, 1.54) is 18.9 Å². The molecule has 0 aliphatic carbocycles. The highest BCUT2D eigenvalue weighted by molar-refractivity contribution is 8.00. The summed E-state index contributed by atoms with van der Waals surface area (Å²) in [5.74, 6) is 0.923. The fourth-order valence-corrected chi connectivity index (χ4v) is 4.88. The third kappa shape index (κ3) is 7.96. The van der Waals surface area contributed by atoms with Crippen LogP contribution in [0.1, 0.15) is 15.9 Å². The summed E-state index contributed by atoms with van der Waals surface area (Å²) in [5, 5.41) is 8.42. The molecule has 0 spiro atoms. The average molecular weight is 596 g/mol. The summed E-state index contributed by atoms with van der Waals surface area (Å²) >= 11 is 1.36. The van der Waals surface area contributed by atoms with E-state index in [0.717, 1.165) is 4.90 Å².